The normalized spacial score (nSPS) is 11.8. The zero-order valence-electron chi connectivity index (χ0n) is 11.3. The third-order valence-corrected chi connectivity index (χ3v) is 4.00. The van der Waals surface area contributed by atoms with Gasteiger partial charge in [0.2, 0.25) is 5.91 Å². The highest BCUT2D eigenvalue weighted by molar-refractivity contribution is 7.22. The molecule has 0 unspecified atom stereocenters. The predicted molar refractivity (Wildman–Crippen MR) is 80.5 cm³/mol. The number of nitrogens with one attached hydrogen (secondary N) is 1. The number of alkyl halides is 3. The van der Waals surface area contributed by atoms with E-state index in [1.807, 2.05) is 0 Å². The molecule has 1 amide bonds. The van der Waals surface area contributed by atoms with E-state index in [0.717, 1.165) is 21.6 Å². The molecule has 3 aromatic rings. The number of carbonyl (C=O) groups excluding carboxylic acids is 1. The van der Waals surface area contributed by atoms with Crippen molar-refractivity contribution in [3.63, 3.8) is 0 Å². The molecule has 0 aliphatic heterocycles. The van der Waals surface area contributed by atoms with Crippen LogP contribution in [0.2, 0.25) is 5.02 Å². The quantitative estimate of drug-likeness (QED) is 0.772. The van der Waals surface area contributed by atoms with Gasteiger partial charge in [-0.05, 0) is 24.3 Å². The maximum Gasteiger partial charge on any atom is 0.435 e. The predicted octanol–water partition coefficient (Wildman–Crippen LogP) is 3.80. The lowest BCUT2D eigenvalue weighted by Gasteiger charge is -2.03. The first-order valence-electron chi connectivity index (χ1n) is 6.28. The zero-order chi connectivity index (χ0) is 16.6. The van der Waals surface area contributed by atoms with E-state index in [-0.39, 0.29) is 6.54 Å². The minimum atomic E-state index is -4.53. The maximum absolute atomic E-state index is 12.4. The van der Waals surface area contributed by atoms with Crippen LogP contribution < -0.4 is 5.32 Å². The first-order chi connectivity index (χ1) is 10.8. The van der Waals surface area contributed by atoms with Crippen LogP contribution in [-0.2, 0) is 17.5 Å². The number of carbonyl (C=O) groups is 1. The highest BCUT2D eigenvalue weighted by Gasteiger charge is 2.33. The summed E-state index contributed by atoms with van der Waals surface area (Å²) in [4.78, 5) is 16.1. The van der Waals surface area contributed by atoms with Gasteiger partial charge in [-0.25, -0.2) is 4.98 Å². The lowest BCUT2D eigenvalue weighted by Crippen LogP contribution is -2.19. The van der Waals surface area contributed by atoms with E-state index >= 15 is 0 Å². The van der Waals surface area contributed by atoms with Crippen molar-refractivity contribution in [2.45, 2.75) is 12.7 Å². The topological polar surface area (TPSA) is 59.8 Å². The van der Waals surface area contributed by atoms with E-state index in [1.54, 1.807) is 18.2 Å². The van der Waals surface area contributed by atoms with Gasteiger partial charge in [0.1, 0.15) is 6.54 Å². The van der Waals surface area contributed by atoms with Crippen LogP contribution in [0.4, 0.5) is 18.3 Å². The van der Waals surface area contributed by atoms with Crippen LogP contribution in [0.5, 0.6) is 0 Å². The van der Waals surface area contributed by atoms with Crippen LogP contribution in [0.25, 0.3) is 10.2 Å². The van der Waals surface area contributed by atoms with Gasteiger partial charge in [0.05, 0.1) is 10.2 Å². The van der Waals surface area contributed by atoms with Crippen molar-refractivity contribution in [3.05, 3.63) is 41.2 Å². The molecule has 10 heteroatoms. The molecule has 0 aliphatic carbocycles. The van der Waals surface area contributed by atoms with E-state index in [4.69, 9.17) is 11.6 Å². The third kappa shape index (κ3) is 3.62. The Morgan fingerprint density at radius 3 is 2.83 bits per heavy atom. The standard InChI is InChI=1S/C13H8ClF3N4OS/c14-7-1-2-8-9(5-7)23-12(18-8)19-11(22)6-21-4-3-10(20-21)13(15,16)17/h1-5H,6H2,(H,18,19,22). The molecule has 0 aliphatic rings. The van der Waals surface area contributed by atoms with Gasteiger partial charge in [0.25, 0.3) is 0 Å². The van der Waals surface area contributed by atoms with Gasteiger partial charge < -0.3 is 5.32 Å². The van der Waals surface area contributed by atoms with Gasteiger partial charge in [-0.15, -0.1) is 0 Å². The van der Waals surface area contributed by atoms with E-state index < -0.39 is 17.8 Å². The Morgan fingerprint density at radius 2 is 2.13 bits per heavy atom. The highest BCUT2D eigenvalue weighted by atomic mass is 35.5. The number of anilines is 1. The smallest absolute Gasteiger partial charge is 0.300 e. The van der Waals surface area contributed by atoms with Crippen molar-refractivity contribution in [1.82, 2.24) is 14.8 Å². The Balaban J connectivity index is 1.69. The summed E-state index contributed by atoms with van der Waals surface area (Å²) < 4.78 is 39.0. The van der Waals surface area contributed by atoms with Crippen LogP contribution in [0.1, 0.15) is 5.69 Å². The van der Waals surface area contributed by atoms with Crippen molar-refractivity contribution in [3.8, 4) is 0 Å². The molecule has 1 aromatic carbocycles. The average Bonchev–Trinajstić information content (AvgIpc) is 3.03. The lowest BCUT2D eigenvalue weighted by atomic mass is 10.3. The molecule has 5 nitrogen and oxygen atoms in total. The van der Waals surface area contributed by atoms with Gasteiger partial charge in [-0.2, -0.15) is 18.3 Å². The molecule has 0 atom stereocenters. The molecule has 0 bridgehead atoms. The fourth-order valence-electron chi connectivity index (χ4n) is 1.86. The Hall–Kier alpha value is -2.13. The second-order valence-electron chi connectivity index (χ2n) is 4.58. The number of hydrogen-bond acceptors (Lipinski definition) is 4. The highest BCUT2D eigenvalue weighted by Crippen LogP contribution is 2.29. The molecular weight excluding hydrogens is 353 g/mol. The minimum absolute atomic E-state index is 0.341. The summed E-state index contributed by atoms with van der Waals surface area (Å²) in [6.45, 7) is -0.341. The van der Waals surface area contributed by atoms with Crippen LogP contribution >= 0.6 is 22.9 Å². The first kappa shape index (κ1) is 15.8. The molecule has 0 radical (unpaired) electrons. The van der Waals surface area contributed by atoms with Crippen LogP contribution in [-0.4, -0.2) is 20.7 Å². The fraction of sp³-hybridized carbons (Fsp3) is 0.154. The molecule has 23 heavy (non-hydrogen) atoms. The molecule has 0 fully saturated rings. The summed E-state index contributed by atoms with van der Waals surface area (Å²) in [7, 11) is 0. The molecule has 3 rings (SSSR count). The lowest BCUT2D eigenvalue weighted by molar-refractivity contribution is -0.141. The number of hydrogen-bond donors (Lipinski definition) is 1. The van der Waals surface area contributed by atoms with E-state index in [2.05, 4.69) is 15.4 Å². The number of amides is 1. The molecule has 2 aromatic heterocycles. The van der Waals surface area contributed by atoms with E-state index in [9.17, 15) is 18.0 Å². The number of thiazole rings is 1. The fourth-order valence-corrected chi connectivity index (χ4v) is 3.02. The molecule has 1 N–H and O–H groups in total. The summed E-state index contributed by atoms with van der Waals surface area (Å²) in [5, 5.41) is 6.74. The number of benzene rings is 1. The number of aromatic nitrogens is 3. The minimum Gasteiger partial charge on any atom is -0.300 e. The van der Waals surface area contributed by atoms with Gasteiger partial charge in [-0.3, -0.25) is 9.48 Å². The number of fused-ring (bicyclic) bond motifs is 1. The summed E-state index contributed by atoms with van der Waals surface area (Å²) in [5.74, 6) is -0.521. The van der Waals surface area contributed by atoms with Crippen molar-refractivity contribution in [1.29, 1.82) is 0 Å². The van der Waals surface area contributed by atoms with Crippen LogP contribution in [0, 0.1) is 0 Å². The van der Waals surface area contributed by atoms with Gasteiger partial charge >= 0.3 is 6.18 Å². The number of halogens is 4. The van der Waals surface area contributed by atoms with Crippen molar-refractivity contribution in [2.24, 2.45) is 0 Å². The number of nitrogens with zero attached hydrogens (tertiary/aromatic N) is 3. The molecule has 0 saturated carbocycles. The third-order valence-electron chi connectivity index (χ3n) is 2.83. The maximum atomic E-state index is 12.4. The van der Waals surface area contributed by atoms with Crippen molar-refractivity contribution in [2.75, 3.05) is 5.32 Å². The summed E-state index contributed by atoms with van der Waals surface area (Å²) in [6, 6.07) is 5.92. The monoisotopic (exact) mass is 360 g/mol. The molecule has 2 heterocycles. The molecular formula is C13H8ClF3N4OS. The van der Waals surface area contributed by atoms with E-state index in [1.165, 1.54) is 11.3 Å². The second kappa shape index (κ2) is 5.82. The van der Waals surface area contributed by atoms with Gasteiger partial charge in [0, 0.05) is 11.2 Å². The Bertz CT molecular complexity index is 874. The first-order valence-corrected chi connectivity index (χ1v) is 7.47. The van der Waals surface area contributed by atoms with Gasteiger partial charge in [0.15, 0.2) is 10.8 Å². The summed E-state index contributed by atoms with van der Waals surface area (Å²) >= 11 is 7.09. The average molecular weight is 361 g/mol. The Morgan fingerprint density at radius 1 is 1.35 bits per heavy atom. The summed E-state index contributed by atoms with van der Waals surface area (Å²) in [6.07, 6.45) is -3.44. The Kier molecular flexibility index (Phi) is 3.99. The summed E-state index contributed by atoms with van der Waals surface area (Å²) in [5.41, 5.74) is -0.368. The van der Waals surface area contributed by atoms with Crippen molar-refractivity contribution < 1.29 is 18.0 Å². The second-order valence-corrected chi connectivity index (χ2v) is 6.04. The van der Waals surface area contributed by atoms with Crippen molar-refractivity contribution >= 4 is 44.2 Å². The number of rotatable bonds is 3. The van der Waals surface area contributed by atoms with Crippen LogP contribution in [0.3, 0.4) is 0 Å². The molecule has 0 saturated heterocycles. The van der Waals surface area contributed by atoms with Crippen LogP contribution in [0.15, 0.2) is 30.5 Å². The molecule has 120 valence electrons. The van der Waals surface area contributed by atoms with E-state index in [0.29, 0.717) is 15.7 Å². The largest absolute Gasteiger partial charge is 0.435 e. The van der Waals surface area contributed by atoms with Gasteiger partial charge in [-0.1, -0.05) is 22.9 Å². The Labute approximate surface area is 136 Å². The zero-order valence-corrected chi connectivity index (χ0v) is 12.8. The SMILES string of the molecule is O=C(Cn1ccc(C(F)(F)F)n1)Nc1nc2ccc(Cl)cc2s1. The molecule has 0 spiro atoms.